The summed E-state index contributed by atoms with van der Waals surface area (Å²) in [6.45, 7) is 1.91. The largest absolute Gasteiger partial charge is 0.241 e. The van der Waals surface area contributed by atoms with Crippen LogP contribution >= 0.6 is 11.3 Å². The van der Waals surface area contributed by atoms with E-state index >= 15 is 0 Å². The van der Waals surface area contributed by atoms with Gasteiger partial charge in [-0.25, -0.2) is 13.4 Å². The lowest BCUT2D eigenvalue weighted by Crippen LogP contribution is -2.19. The van der Waals surface area contributed by atoms with Crippen molar-refractivity contribution in [2.45, 2.75) is 43.6 Å². The van der Waals surface area contributed by atoms with E-state index in [2.05, 4.69) is 4.98 Å². The van der Waals surface area contributed by atoms with E-state index in [-0.39, 0.29) is 11.0 Å². The molecule has 5 heteroatoms. The molecule has 0 bridgehead atoms. The molecule has 2 aromatic rings. The standard InChI is InChI=1S/C16H19NO2S2/c1-12-15(11-21(18,19)14-9-5-6-10-14)20-16(17-12)13-7-3-2-4-8-13/h2-4,7-8,14H,5-6,9-11H2,1H3. The summed E-state index contributed by atoms with van der Waals surface area (Å²) in [5.74, 6) is 0.147. The Morgan fingerprint density at radius 1 is 1.19 bits per heavy atom. The lowest BCUT2D eigenvalue weighted by Gasteiger charge is -2.09. The van der Waals surface area contributed by atoms with E-state index in [0.717, 1.165) is 46.8 Å². The molecule has 0 N–H and O–H groups in total. The molecule has 0 saturated heterocycles. The molecule has 3 nitrogen and oxygen atoms in total. The number of nitrogens with zero attached hydrogens (tertiary/aromatic N) is 1. The van der Waals surface area contributed by atoms with Gasteiger partial charge < -0.3 is 0 Å². The van der Waals surface area contributed by atoms with Crippen LogP contribution in [0.2, 0.25) is 0 Å². The molecular weight excluding hydrogens is 302 g/mol. The van der Waals surface area contributed by atoms with Gasteiger partial charge in [-0.05, 0) is 19.8 Å². The Hall–Kier alpha value is -1.20. The van der Waals surface area contributed by atoms with E-state index in [4.69, 9.17) is 0 Å². The number of hydrogen-bond acceptors (Lipinski definition) is 4. The lowest BCUT2D eigenvalue weighted by molar-refractivity contribution is 0.579. The summed E-state index contributed by atoms with van der Waals surface area (Å²) in [4.78, 5) is 5.44. The van der Waals surface area contributed by atoms with Crippen LogP contribution in [0.1, 0.15) is 36.3 Å². The first-order valence-corrected chi connectivity index (χ1v) is 9.83. The highest BCUT2D eigenvalue weighted by Gasteiger charge is 2.30. The molecule has 1 saturated carbocycles. The van der Waals surface area contributed by atoms with Crippen LogP contribution in [-0.2, 0) is 15.6 Å². The summed E-state index contributed by atoms with van der Waals surface area (Å²) in [6, 6.07) is 9.93. The van der Waals surface area contributed by atoms with Gasteiger partial charge >= 0.3 is 0 Å². The van der Waals surface area contributed by atoms with Crippen molar-refractivity contribution in [2.24, 2.45) is 0 Å². The maximum absolute atomic E-state index is 12.5. The van der Waals surface area contributed by atoms with Crippen molar-refractivity contribution in [3.8, 4) is 10.6 Å². The second-order valence-electron chi connectivity index (χ2n) is 5.61. The van der Waals surface area contributed by atoms with Gasteiger partial charge in [0.2, 0.25) is 0 Å². The van der Waals surface area contributed by atoms with Gasteiger partial charge in [0.15, 0.2) is 9.84 Å². The molecular formula is C16H19NO2S2. The van der Waals surface area contributed by atoms with Crippen molar-refractivity contribution in [3.63, 3.8) is 0 Å². The molecule has 0 radical (unpaired) electrons. The molecule has 1 aliphatic carbocycles. The van der Waals surface area contributed by atoms with Crippen LogP contribution in [0.3, 0.4) is 0 Å². The van der Waals surface area contributed by atoms with Gasteiger partial charge in [0.1, 0.15) is 5.01 Å². The van der Waals surface area contributed by atoms with Gasteiger partial charge in [-0.15, -0.1) is 11.3 Å². The first kappa shape index (κ1) is 14.7. The van der Waals surface area contributed by atoms with E-state index in [1.54, 1.807) is 0 Å². The van der Waals surface area contributed by atoms with Gasteiger partial charge in [0, 0.05) is 10.4 Å². The average Bonchev–Trinajstić information content (AvgIpc) is 3.11. The molecule has 21 heavy (non-hydrogen) atoms. The summed E-state index contributed by atoms with van der Waals surface area (Å²) in [5.41, 5.74) is 1.90. The number of aromatic nitrogens is 1. The zero-order chi connectivity index (χ0) is 14.9. The second kappa shape index (κ2) is 5.89. The normalized spacial score (nSPS) is 16.4. The fourth-order valence-electron chi connectivity index (χ4n) is 2.81. The van der Waals surface area contributed by atoms with Crippen LogP contribution in [-0.4, -0.2) is 18.7 Å². The van der Waals surface area contributed by atoms with Crippen LogP contribution in [0.25, 0.3) is 10.6 Å². The van der Waals surface area contributed by atoms with E-state index in [9.17, 15) is 8.42 Å². The fraction of sp³-hybridized carbons (Fsp3) is 0.438. The van der Waals surface area contributed by atoms with Crippen molar-refractivity contribution >= 4 is 21.2 Å². The van der Waals surface area contributed by atoms with Crippen molar-refractivity contribution in [3.05, 3.63) is 40.9 Å². The Balaban J connectivity index is 1.85. The van der Waals surface area contributed by atoms with Gasteiger partial charge in [-0.2, -0.15) is 0 Å². The topological polar surface area (TPSA) is 47.0 Å². The molecule has 1 heterocycles. The molecule has 0 atom stereocenters. The fourth-order valence-corrected chi connectivity index (χ4v) is 6.27. The number of benzene rings is 1. The highest BCUT2D eigenvalue weighted by atomic mass is 32.2. The molecule has 0 aliphatic heterocycles. The Labute approximate surface area is 130 Å². The van der Waals surface area contributed by atoms with Crippen molar-refractivity contribution in [2.75, 3.05) is 0 Å². The van der Waals surface area contributed by atoms with Crippen LogP contribution in [0, 0.1) is 6.92 Å². The minimum absolute atomic E-state index is 0.140. The van der Waals surface area contributed by atoms with Gasteiger partial charge in [-0.3, -0.25) is 0 Å². The van der Waals surface area contributed by atoms with Gasteiger partial charge in [0.25, 0.3) is 0 Å². The zero-order valence-corrected chi connectivity index (χ0v) is 13.7. The zero-order valence-electron chi connectivity index (χ0n) is 12.1. The van der Waals surface area contributed by atoms with E-state index in [1.807, 2.05) is 37.3 Å². The average molecular weight is 321 g/mol. The Morgan fingerprint density at radius 2 is 1.86 bits per heavy atom. The SMILES string of the molecule is Cc1nc(-c2ccccc2)sc1CS(=O)(=O)C1CCCC1. The van der Waals surface area contributed by atoms with Crippen molar-refractivity contribution in [1.82, 2.24) is 4.98 Å². The van der Waals surface area contributed by atoms with Crippen LogP contribution in [0.4, 0.5) is 0 Å². The summed E-state index contributed by atoms with van der Waals surface area (Å²) in [6.07, 6.45) is 3.74. The summed E-state index contributed by atoms with van der Waals surface area (Å²) >= 11 is 1.51. The Morgan fingerprint density at radius 3 is 2.52 bits per heavy atom. The molecule has 0 unspecified atom stereocenters. The molecule has 3 rings (SSSR count). The Kier molecular flexibility index (Phi) is 4.13. The van der Waals surface area contributed by atoms with E-state index < -0.39 is 9.84 Å². The molecule has 0 spiro atoms. The first-order valence-electron chi connectivity index (χ1n) is 7.29. The number of aryl methyl sites for hydroxylation is 1. The number of hydrogen-bond donors (Lipinski definition) is 0. The quantitative estimate of drug-likeness (QED) is 0.856. The molecule has 1 fully saturated rings. The van der Waals surface area contributed by atoms with Crippen LogP contribution < -0.4 is 0 Å². The predicted molar refractivity (Wildman–Crippen MR) is 87.2 cm³/mol. The van der Waals surface area contributed by atoms with E-state index in [0.29, 0.717) is 0 Å². The van der Waals surface area contributed by atoms with Crippen LogP contribution in [0.5, 0.6) is 0 Å². The minimum Gasteiger partial charge on any atom is -0.241 e. The monoisotopic (exact) mass is 321 g/mol. The third-order valence-corrected chi connectivity index (χ3v) is 7.62. The van der Waals surface area contributed by atoms with E-state index in [1.165, 1.54) is 11.3 Å². The van der Waals surface area contributed by atoms with Crippen molar-refractivity contribution < 1.29 is 8.42 Å². The Bertz CT molecular complexity index is 714. The maximum Gasteiger partial charge on any atom is 0.158 e. The summed E-state index contributed by atoms with van der Waals surface area (Å²) in [5, 5.41) is 0.767. The number of thiazole rings is 1. The predicted octanol–water partition coefficient (Wildman–Crippen LogP) is 3.98. The summed E-state index contributed by atoms with van der Waals surface area (Å²) < 4.78 is 25.0. The van der Waals surface area contributed by atoms with Gasteiger partial charge in [0.05, 0.1) is 16.7 Å². The van der Waals surface area contributed by atoms with Crippen molar-refractivity contribution in [1.29, 1.82) is 0 Å². The van der Waals surface area contributed by atoms with Gasteiger partial charge in [-0.1, -0.05) is 43.2 Å². The molecule has 1 aliphatic rings. The first-order chi connectivity index (χ1) is 10.1. The third kappa shape index (κ3) is 3.19. The molecule has 1 aromatic heterocycles. The third-order valence-electron chi connectivity index (χ3n) is 4.06. The molecule has 1 aromatic carbocycles. The highest BCUT2D eigenvalue weighted by molar-refractivity contribution is 7.91. The molecule has 0 amide bonds. The second-order valence-corrected chi connectivity index (χ2v) is 8.97. The minimum atomic E-state index is -3.03. The lowest BCUT2D eigenvalue weighted by atomic mass is 10.2. The molecule has 112 valence electrons. The number of sulfone groups is 1. The smallest absolute Gasteiger partial charge is 0.158 e. The number of rotatable bonds is 4. The maximum atomic E-state index is 12.5. The summed E-state index contributed by atoms with van der Waals surface area (Å²) in [7, 11) is -3.03. The highest BCUT2D eigenvalue weighted by Crippen LogP contribution is 2.32. The van der Waals surface area contributed by atoms with Crippen LogP contribution in [0.15, 0.2) is 30.3 Å².